The lowest BCUT2D eigenvalue weighted by atomic mass is 10.0. The summed E-state index contributed by atoms with van der Waals surface area (Å²) in [4.78, 5) is 42.3. The van der Waals surface area contributed by atoms with Gasteiger partial charge in [0.2, 0.25) is 5.75 Å². The number of anilines is 1. The standard InChI is InChI=1S/C76H102N4O10/c1-9-13-17-21-23-25-27-31-51-85-65-47-43-61(44-48-65)59-35-39-63(40-36-59)75(81)89-72-55-69(79(7)8)73(88-58(6)34-30-20-16-12-4)53-68(72)78-77-67-54-74(70(80(83)84)56-71(67)87-57(5)33-29-19-15-11-3)90-76(82)64-41-37-60(38-42-64)62-45-49-66(50-46-62)86-52-32-28-26-24-22-18-14-10-2/h35-50,53-58H,9-34,51-52H2,1-8H3/t57-,58-/m0/s1. The average Bonchev–Trinajstić information content (AvgIpc) is 1.83. The van der Waals surface area contributed by atoms with E-state index in [0.29, 0.717) is 36.6 Å². The van der Waals surface area contributed by atoms with E-state index >= 15 is 0 Å². The van der Waals surface area contributed by atoms with E-state index < -0.39 is 22.5 Å². The van der Waals surface area contributed by atoms with Crippen molar-refractivity contribution in [1.29, 1.82) is 0 Å². The highest BCUT2D eigenvalue weighted by atomic mass is 16.6. The number of hydrogen-bond donors (Lipinski definition) is 0. The van der Waals surface area contributed by atoms with Gasteiger partial charge >= 0.3 is 17.6 Å². The summed E-state index contributed by atoms with van der Waals surface area (Å²) in [5, 5.41) is 22.2. The number of ether oxygens (including phenoxy) is 6. The summed E-state index contributed by atoms with van der Waals surface area (Å²) in [5.74, 6) is 0.462. The monoisotopic (exact) mass is 1230 g/mol. The normalized spacial score (nSPS) is 12.0. The summed E-state index contributed by atoms with van der Waals surface area (Å²) in [5.41, 5.74) is 4.51. The zero-order valence-corrected chi connectivity index (χ0v) is 55.4. The van der Waals surface area contributed by atoms with Gasteiger partial charge in [-0.3, -0.25) is 10.1 Å². The van der Waals surface area contributed by atoms with Crippen LogP contribution in [0, 0.1) is 10.1 Å². The van der Waals surface area contributed by atoms with Crippen LogP contribution in [0.4, 0.5) is 22.7 Å². The van der Waals surface area contributed by atoms with Crippen LogP contribution >= 0.6 is 0 Å². The van der Waals surface area contributed by atoms with Crippen LogP contribution in [0.2, 0.25) is 0 Å². The van der Waals surface area contributed by atoms with Crippen molar-refractivity contribution < 1.29 is 42.9 Å². The molecule has 14 heteroatoms. The maximum atomic E-state index is 14.2. The number of unbranched alkanes of at least 4 members (excludes halogenated alkanes) is 20. The van der Waals surface area contributed by atoms with Gasteiger partial charge in [-0.15, -0.1) is 10.2 Å². The second kappa shape index (κ2) is 40.1. The van der Waals surface area contributed by atoms with Gasteiger partial charge in [0.15, 0.2) is 11.5 Å². The molecule has 6 aromatic carbocycles. The molecule has 0 aliphatic carbocycles. The summed E-state index contributed by atoms with van der Waals surface area (Å²) in [6.45, 7) is 14.1. The van der Waals surface area contributed by atoms with Gasteiger partial charge in [-0.1, -0.05) is 205 Å². The molecule has 0 aliphatic rings. The average molecular weight is 1230 g/mol. The molecule has 0 radical (unpaired) electrons. The molecule has 14 nitrogen and oxygen atoms in total. The van der Waals surface area contributed by atoms with E-state index in [9.17, 15) is 19.7 Å². The predicted octanol–water partition coefficient (Wildman–Crippen LogP) is 22.4. The molecule has 0 aliphatic heterocycles. The fourth-order valence-corrected chi connectivity index (χ4v) is 10.7. The van der Waals surface area contributed by atoms with E-state index in [1.807, 2.05) is 93.5 Å². The van der Waals surface area contributed by atoms with Gasteiger partial charge in [0.1, 0.15) is 28.6 Å². The highest BCUT2D eigenvalue weighted by Gasteiger charge is 2.26. The lowest BCUT2D eigenvalue weighted by Crippen LogP contribution is -2.16. The molecule has 0 heterocycles. The van der Waals surface area contributed by atoms with E-state index in [2.05, 4.69) is 32.8 Å². The van der Waals surface area contributed by atoms with Gasteiger partial charge in [-0.2, -0.15) is 0 Å². The Labute approximate surface area is 537 Å². The smallest absolute Gasteiger partial charge is 0.343 e. The van der Waals surface area contributed by atoms with Crippen molar-refractivity contribution in [2.45, 2.75) is 221 Å². The number of esters is 2. The molecule has 0 saturated heterocycles. The van der Waals surface area contributed by atoms with E-state index in [1.54, 1.807) is 48.5 Å². The Kier molecular flexibility index (Phi) is 31.8. The summed E-state index contributed by atoms with van der Waals surface area (Å²) in [6.07, 6.45) is 29.2. The lowest BCUT2D eigenvalue weighted by molar-refractivity contribution is -0.385. The molecule has 0 amide bonds. The van der Waals surface area contributed by atoms with Crippen molar-refractivity contribution in [3.8, 4) is 56.8 Å². The van der Waals surface area contributed by atoms with Crippen molar-refractivity contribution in [2.24, 2.45) is 10.2 Å². The largest absolute Gasteiger partial charge is 0.494 e. The van der Waals surface area contributed by atoms with E-state index in [1.165, 1.54) is 95.6 Å². The zero-order chi connectivity index (χ0) is 64.3. The third-order valence-corrected chi connectivity index (χ3v) is 16.2. The molecule has 2 atom stereocenters. The number of carbonyl (C=O) groups excluding carboxylic acids is 2. The first kappa shape index (κ1) is 71.3. The Morgan fingerprint density at radius 2 is 0.778 bits per heavy atom. The Morgan fingerprint density at radius 1 is 0.433 bits per heavy atom. The van der Waals surface area contributed by atoms with Gasteiger partial charge in [-0.25, -0.2) is 9.59 Å². The lowest BCUT2D eigenvalue weighted by Gasteiger charge is -2.23. The molecule has 0 unspecified atom stereocenters. The second-order valence-corrected chi connectivity index (χ2v) is 24.1. The topological polar surface area (TPSA) is 161 Å². The molecule has 0 bridgehead atoms. The van der Waals surface area contributed by atoms with E-state index in [0.717, 1.165) is 111 Å². The van der Waals surface area contributed by atoms with Gasteiger partial charge in [0, 0.05) is 32.3 Å². The third kappa shape index (κ3) is 24.6. The first-order valence-electron chi connectivity index (χ1n) is 33.8. The number of carbonyl (C=O) groups is 2. The second-order valence-electron chi connectivity index (χ2n) is 24.1. The molecule has 6 rings (SSSR count). The van der Waals surface area contributed by atoms with Crippen LogP contribution in [0.25, 0.3) is 22.3 Å². The summed E-state index contributed by atoms with van der Waals surface area (Å²) in [7, 11) is 3.76. The Balaban J connectivity index is 1.25. The third-order valence-electron chi connectivity index (χ3n) is 16.2. The van der Waals surface area contributed by atoms with E-state index in [-0.39, 0.29) is 46.4 Å². The van der Waals surface area contributed by atoms with Crippen molar-refractivity contribution in [2.75, 3.05) is 32.2 Å². The molecule has 6 aromatic rings. The molecule has 0 spiro atoms. The summed E-state index contributed by atoms with van der Waals surface area (Å²) >= 11 is 0. The maximum absolute atomic E-state index is 14.2. The number of rotatable bonds is 44. The number of nitro benzene ring substituents is 1. The molecule has 0 N–H and O–H groups in total. The van der Waals surface area contributed by atoms with Crippen molar-refractivity contribution in [1.82, 2.24) is 0 Å². The van der Waals surface area contributed by atoms with Gasteiger partial charge in [0.05, 0.1) is 53.2 Å². The summed E-state index contributed by atoms with van der Waals surface area (Å²) in [6, 6.07) is 35.8. The quantitative estimate of drug-likeness (QED) is 0.00894. The number of nitro groups is 1. The first-order valence-corrected chi connectivity index (χ1v) is 33.8. The van der Waals surface area contributed by atoms with Crippen molar-refractivity contribution in [3.05, 3.63) is 143 Å². The zero-order valence-electron chi connectivity index (χ0n) is 55.4. The Morgan fingerprint density at radius 3 is 1.18 bits per heavy atom. The van der Waals surface area contributed by atoms with Gasteiger partial charge in [0.25, 0.3) is 0 Å². The number of azo groups is 1. The molecule has 0 fully saturated rings. The number of hydrogen-bond acceptors (Lipinski definition) is 13. The SMILES string of the molecule is CCCCCCCCCCOc1ccc(-c2ccc(C(=O)Oc3cc(N(C)C)c(O[C@@H](C)CCCCCC)cc3N=Nc3cc(OC(=O)c4ccc(-c5ccc(OCCCCCCCCCC)cc5)cc4)c([N+](=O)[O-])cc3O[C@@H](C)CCCCCC)cc2)cc1. The van der Waals surface area contributed by atoms with Crippen molar-refractivity contribution >= 4 is 34.7 Å². The van der Waals surface area contributed by atoms with Crippen molar-refractivity contribution in [3.63, 3.8) is 0 Å². The minimum Gasteiger partial charge on any atom is -0.494 e. The fraction of sp³-hybridized carbons (Fsp3) is 0.500. The first-order chi connectivity index (χ1) is 43.8. The highest BCUT2D eigenvalue weighted by molar-refractivity contribution is 5.93. The van der Waals surface area contributed by atoms with Crippen LogP contribution in [0.15, 0.2) is 132 Å². The number of nitrogens with zero attached hydrogens (tertiary/aromatic N) is 4. The highest BCUT2D eigenvalue weighted by Crippen LogP contribution is 2.45. The molecule has 0 aromatic heterocycles. The molecular formula is C76H102N4O10. The summed E-state index contributed by atoms with van der Waals surface area (Å²) < 4.78 is 37.3. The molecular weight excluding hydrogens is 1130 g/mol. The van der Waals surface area contributed by atoms with Crippen LogP contribution in [0.1, 0.15) is 229 Å². The minimum atomic E-state index is -0.811. The Bertz CT molecular complexity index is 3090. The fourth-order valence-electron chi connectivity index (χ4n) is 10.7. The van der Waals surface area contributed by atoms with Crippen LogP contribution in [-0.2, 0) is 0 Å². The van der Waals surface area contributed by atoms with E-state index in [4.69, 9.17) is 33.5 Å². The molecule has 486 valence electrons. The van der Waals surface area contributed by atoms with Crippen LogP contribution < -0.4 is 33.3 Å². The maximum Gasteiger partial charge on any atom is 0.343 e. The minimum absolute atomic E-state index is 0.0452. The van der Waals surface area contributed by atoms with Gasteiger partial charge in [-0.05, 0) is 123 Å². The molecule has 0 saturated carbocycles. The van der Waals surface area contributed by atoms with Crippen LogP contribution in [-0.4, -0.2) is 56.4 Å². The van der Waals surface area contributed by atoms with Crippen LogP contribution in [0.5, 0.6) is 34.5 Å². The predicted molar refractivity (Wildman–Crippen MR) is 366 cm³/mol. The molecule has 90 heavy (non-hydrogen) atoms. The Hall–Kier alpha value is -7.74. The van der Waals surface area contributed by atoms with Gasteiger partial charge < -0.3 is 33.3 Å². The van der Waals surface area contributed by atoms with Crippen LogP contribution in [0.3, 0.4) is 0 Å². The number of benzene rings is 6.